The van der Waals surface area contributed by atoms with E-state index in [2.05, 4.69) is 28.9 Å². The van der Waals surface area contributed by atoms with Crippen LogP contribution in [0.3, 0.4) is 0 Å². The van der Waals surface area contributed by atoms with Gasteiger partial charge in [-0.25, -0.2) is 4.57 Å². The Labute approximate surface area is 194 Å². The van der Waals surface area contributed by atoms with E-state index in [0.29, 0.717) is 6.42 Å². The first kappa shape index (κ1) is 28.6. The van der Waals surface area contributed by atoms with Gasteiger partial charge < -0.3 is 15.1 Å². The minimum Gasteiger partial charge on any atom is -0.347 e. The molecule has 0 aromatic heterocycles. The van der Waals surface area contributed by atoms with Crippen molar-refractivity contribution in [1.82, 2.24) is 5.32 Å². The fraction of sp³-hybridized carbons (Fsp3) is 0.640. The molecule has 0 aliphatic rings. The van der Waals surface area contributed by atoms with E-state index in [0.717, 1.165) is 37.7 Å². The molecule has 3 N–H and O–H groups in total. The van der Waals surface area contributed by atoms with Gasteiger partial charge >= 0.3 is 7.82 Å². The molecule has 0 aliphatic heterocycles. The van der Waals surface area contributed by atoms with Gasteiger partial charge in [0, 0.05) is 6.42 Å². The average molecular weight is 468 g/mol. The lowest BCUT2D eigenvalue weighted by atomic mass is 10.1. The van der Waals surface area contributed by atoms with Gasteiger partial charge in [-0.1, -0.05) is 94.4 Å². The Hall–Kier alpha value is -1.46. The summed E-state index contributed by atoms with van der Waals surface area (Å²) in [7, 11) is -4.59. The number of allylic oxidation sites excluding steroid dienone is 2. The van der Waals surface area contributed by atoms with E-state index in [9.17, 15) is 9.36 Å². The van der Waals surface area contributed by atoms with Crippen LogP contribution >= 0.6 is 7.82 Å². The van der Waals surface area contributed by atoms with Crippen LogP contribution in [0.5, 0.6) is 0 Å². The Bertz CT molecular complexity index is 674. The Kier molecular flexibility index (Phi) is 16.1. The van der Waals surface area contributed by atoms with Gasteiger partial charge in [0.2, 0.25) is 5.91 Å². The normalized spacial score (nSPS) is 12.8. The van der Waals surface area contributed by atoms with Crippen LogP contribution in [0, 0.1) is 0 Å². The topological polar surface area (TPSA) is 95.9 Å². The van der Waals surface area contributed by atoms with Crippen molar-refractivity contribution in [2.45, 2.75) is 96.4 Å². The number of phosphoric ester groups is 1. The van der Waals surface area contributed by atoms with Crippen LogP contribution in [-0.4, -0.2) is 22.3 Å². The lowest BCUT2D eigenvalue weighted by Crippen LogP contribution is -2.31. The van der Waals surface area contributed by atoms with Gasteiger partial charge in [-0.3, -0.25) is 9.32 Å². The second-order valence-electron chi connectivity index (χ2n) is 8.30. The molecular weight excluding hydrogens is 425 g/mol. The van der Waals surface area contributed by atoms with E-state index in [1.165, 1.54) is 44.9 Å². The number of rotatable bonds is 19. The van der Waals surface area contributed by atoms with Gasteiger partial charge in [-0.2, -0.15) is 0 Å². The van der Waals surface area contributed by atoms with Crippen molar-refractivity contribution in [3.63, 3.8) is 0 Å². The smallest absolute Gasteiger partial charge is 0.347 e. The highest BCUT2D eigenvalue weighted by atomic mass is 31.2. The SMILES string of the molecule is CCCCCCCC/C=C\CCCCCCC(=O)N[C@@H](COP(=O)(O)O)c1ccccc1. The molecule has 0 bridgehead atoms. The van der Waals surface area contributed by atoms with Crippen LogP contribution < -0.4 is 5.32 Å². The van der Waals surface area contributed by atoms with Gasteiger partial charge in [-0.15, -0.1) is 0 Å². The van der Waals surface area contributed by atoms with E-state index < -0.39 is 13.9 Å². The number of carbonyl (C=O) groups is 1. The number of phosphoric acid groups is 1. The number of benzene rings is 1. The summed E-state index contributed by atoms with van der Waals surface area (Å²) in [4.78, 5) is 30.2. The first-order valence-electron chi connectivity index (χ1n) is 12.1. The number of amides is 1. The third-order valence-corrected chi connectivity index (χ3v) is 5.85. The largest absolute Gasteiger partial charge is 0.469 e. The highest BCUT2D eigenvalue weighted by Crippen LogP contribution is 2.37. The molecule has 32 heavy (non-hydrogen) atoms. The monoisotopic (exact) mass is 467 g/mol. The molecule has 0 aliphatic carbocycles. The maximum atomic E-state index is 12.3. The van der Waals surface area contributed by atoms with Crippen molar-refractivity contribution in [2.75, 3.05) is 6.61 Å². The summed E-state index contributed by atoms with van der Waals surface area (Å²) in [6.45, 7) is 1.97. The van der Waals surface area contributed by atoms with Gasteiger partial charge in [-0.05, 0) is 37.7 Å². The van der Waals surface area contributed by atoms with Crippen LogP contribution in [-0.2, 0) is 13.9 Å². The first-order chi connectivity index (χ1) is 15.4. The lowest BCUT2D eigenvalue weighted by Gasteiger charge is -2.19. The minimum atomic E-state index is -4.59. The molecule has 0 spiro atoms. The molecule has 0 saturated carbocycles. The van der Waals surface area contributed by atoms with Crippen molar-refractivity contribution in [3.05, 3.63) is 48.0 Å². The molecule has 7 heteroatoms. The summed E-state index contributed by atoms with van der Waals surface area (Å²) in [6.07, 6.45) is 19.3. The molecule has 0 fully saturated rings. The summed E-state index contributed by atoms with van der Waals surface area (Å²) in [5, 5.41) is 2.83. The first-order valence-corrected chi connectivity index (χ1v) is 13.6. The molecule has 1 aromatic rings. The summed E-state index contributed by atoms with van der Waals surface area (Å²) in [6, 6.07) is 8.48. The fourth-order valence-corrected chi connectivity index (χ4v) is 3.87. The Morgan fingerprint density at radius 2 is 1.50 bits per heavy atom. The molecule has 1 rings (SSSR count). The highest BCUT2D eigenvalue weighted by Gasteiger charge is 2.20. The van der Waals surface area contributed by atoms with E-state index in [-0.39, 0.29) is 12.5 Å². The van der Waals surface area contributed by atoms with Crippen LogP contribution in [0.15, 0.2) is 42.5 Å². The molecule has 6 nitrogen and oxygen atoms in total. The Morgan fingerprint density at radius 1 is 0.938 bits per heavy atom. The molecule has 1 amide bonds. The van der Waals surface area contributed by atoms with Crippen LogP contribution in [0.4, 0.5) is 0 Å². The number of nitrogens with one attached hydrogen (secondary N) is 1. The highest BCUT2D eigenvalue weighted by molar-refractivity contribution is 7.46. The zero-order chi connectivity index (χ0) is 23.5. The predicted octanol–water partition coefficient (Wildman–Crippen LogP) is 6.60. The van der Waals surface area contributed by atoms with Crippen LogP contribution in [0.1, 0.15) is 102 Å². The van der Waals surface area contributed by atoms with Crippen molar-refractivity contribution < 1.29 is 23.7 Å². The zero-order valence-electron chi connectivity index (χ0n) is 19.6. The van der Waals surface area contributed by atoms with Crippen molar-refractivity contribution in [1.29, 1.82) is 0 Å². The number of unbranched alkanes of at least 4 members (excludes halogenated alkanes) is 10. The summed E-state index contributed by atoms with van der Waals surface area (Å²) in [5.41, 5.74) is 0.752. The molecule has 0 unspecified atom stereocenters. The summed E-state index contributed by atoms with van der Waals surface area (Å²) < 4.78 is 15.6. The second-order valence-corrected chi connectivity index (χ2v) is 9.54. The second kappa shape index (κ2) is 18.0. The van der Waals surface area contributed by atoms with Crippen LogP contribution in [0.2, 0.25) is 0 Å². The molecule has 1 aromatic carbocycles. The third kappa shape index (κ3) is 16.2. The quantitative estimate of drug-likeness (QED) is 0.121. The van der Waals surface area contributed by atoms with Crippen molar-refractivity contribution in [2.24, 2.45) is 0 Å². The average Bonchev–Trinajstić information content (AvgIpc) is 2.77. The van der Waals surface area contributed by atoms with E-state index in [1.54, 1.807) is 12.1 Å². The van der Waals surface area contributed by atoms with Gasteiger partial charge in [0.05, 0.1) is 12.6 Å². The molecular formula is C25H42NO5P. The summed E-state index contributed by atoms with van der Waals surface area (Å²) in [5.74, 6) is -0.132. The molecule has 0 radical (unpaired) electrons. The predicted molar refractivity (Wildman–Crippen MR) is 130 cm³/mol. The number of carbonyl (C=O) groups excluding carboxylic acids is 1. The lowest BCUT2D eigenvalue weighted by molar-refractivity contribution is -0.122. The van der Waals surface area contributed by atoms with E-state index in [4.69, 9.17) is 9.79 Å². The van der Waals surface area contributed by atoms with Crippen LogP contribution in [0.25, 0.3) is 0 Å². The van der Waals surface area contributed by atoms with Gasteiger partial charge in [0.1, 0.15) is 0 Å². The van der Waals surface area contributed by atoms with E-state index >= 15 is 0 Å². The van der Waals surface area contributed by atoms with Gasteiger partial charge in [0.15, 0.2) is 0 Å². The Balaban J connectivity index is 2.14. The number of hydrogen-bond acceptors (Lipinski definition) is 3. The maximum absolute atomic E-state index is 12.3. The van der Waals surface area contributed by atoms with E-state index in [1.807, 2.05) is 18.2 Å². The standard InChI is InChI=1S/C25H42NO5P/c1-2-3-4-5-6-7-8-9-10-11-12-13-14-18-21-25(27)26-24(22-31-32(28,29)30)23-19-16-15-17-20-23/h9-10,15-17,19-20,24H,2-8,11-14,18,21-22H2,1H3,(H,26,27)(H2,28,29,30)/b10-9-/t24-/m0/s1. The van der Waals surface area contributed by atoms with Gasteiger partial charge in [0.25, 0.3) is 0 Å². The Morgan fingerprint density at radius 3 is 2.09 bits per heavy atom. The summed E-state index contributed by atoms with van der Waals surface area (Å²) >= 11 is 0. The fourth-order valence-electron chi connectivity index (χ4n) is 3.52. The molecule has 0 heterocycles. The molecule has 182 valence electrons. The third-order valence-electron chi connectivity index (χ3n) is 5.36. The zero-order valence-corrected chi connectivity index (χ0v) is 20.5. The molecule has 1 atom stereocenters. The minimum absolute atomic E-state index is 0.132. The number of hydrogen-bond donors (Lipinski definition) is 3. The molecule has 0 saturated heterocycles. The maximum Gasteiger partial charge on any atom is 0.469 e. The van der Waals surface area contributed by atoms with Crippen molar-refractivity contribution >= 4 is 13.7 Å². The van der Waals surface area contributed by atoms with Crippen molar-refractivity contribution in [3.8, 4) is 0 Å².